The van der Waals surface area contributed by atoms with Gasteiger partial charge in [-0.1, -0.05) is 0 Å². The van der Waals surface area contributed by atoms with Crippen LogP contribution in [0.2, 0.25) is 0 Å². The highest BCUT2D eigenvalue weighted by Crippen LogP contribution is 2.21. The molecule has 160 valence electrons. The number of carbonyl (C=O) groups is 4. The SMILES string of the molecule is CCOC(=O)c1c(C)[nH]c(C(=O)OCC(=O)N2CCCC[C@H]2C(=O)OCC)c1C. The van der Waals surface area contributed by atoms with Gasteiger partial charge in [-0.2, -0.15) is 0 Å². The van der Waals surface area contributed by atoms with Crippen LogP contribution in [0.25, 0.3) is 0 Å². The van der Waals surface area contributed by atoms with Gasteiger partial charge in [-0.25, -0.2) is 14.4 Å². The molecule has 1 aromatic heterocycles. The number of ether oxygens (including phenoxy) is 3. The van der Waals surface area contributed by atoms with E-state index in [1.54, 1.807) is 27.7 Å². The highest BCUT2D eigenvalue weighted by molar-refractivity contribution is 5.99. The molecule has 0 unspecified atom stereocenters. The van der Waals surface area contributed by atoms with E-state index in [1.165, 1.54) is 4.90 Å². The van der Waals surface area contributed by atoms with Crippen molar-refractivity contribution < 1.29 is 33.4 Å². The lowest BCUT2D eigenvalue weighted by molar-refractivity contribution is -0.157. The van der Waals surface area contributed by atoms with Crippen molar-refractivity contribution in [3.05, 3.63) is 22.5 Å². The minimum absolute atomic E-state index is 0.0962. The maximum Gasteiger partial charge on any atom is 0.355 e. The Balaban J connectivity index is 2.04. The number of hydrogen-bond donors (Lipinski definition) is 1. The molecular formula is C20H28N2O7. The number of aromatic amines is 1. The average Bonchev–Trinajstić information content (AvgIpc) is 3.00. The molecule has 0 radical (unpaired) electrons. The monoisotopic (exact) mass is 408 g/mol. The molecule has 0 aromatic carbocycles. The van der Waals surface area contributed by atoms with Gasteiger partial charge in [0.1, 0.15) is 11.7 Å². The predicted molar refractivity (Wildman–Crippen MR) is 102 cm³/mol. The van der Waals surface area contributed by atoms with E-state index in [2.05, 4.69) is 4.98 Å². The largest absolute Gasteiger partial charge is 0.464 e. The summed E-state index contributed by atoms with van der Waals surface area (Å²) in [6.07, 6.45) is 2.12. The number of piperidine rings is 1. The number of nitrogens with one attached hydrogen (secondary N) is 1. The predicted octanol–water partition coefficient (Wildman–Crippen LogP) is 1.91. The number of likely N-dealkylation sites (tertiary alicyclic amines) is 1. The molecule has 1 amide bonds. The summed E-state index contributed by atoms with van der Waals surface area (Å²) >= 11 is 0. The van der Waals surface area contributed by atoms with Gasteiger partial charge >= 0.3 is 17.9 Å². The van der Waals surface area contributed by atoms with E-state index in [4.69, 9.17) is 14.2 Å². The summed E-state index contributed by atoms with van der Waals surface area (Å²) in [5.41, 5.74) is 1.26. The number of esters is 3. The van der Waals surface area contributed by atoms with Gasteiger partial charge in [0.05, 0.1) is 18.8 Å². The molecule has 1 aliphatic rings. The van der Waals surface area contributed by atoms with E-state index < -0.39 is 36.5 Å². The molecule has 0 saturated carbocycles. The molecule has 9 nitrogen and oxygen atoms in total. The molecule has 0 bridgehead atoms. The summed E-state index contributed by atoms with van der Waals surface area (Å²) in [4.78, 5) is 53.4. The fourth-order valence-electron chi connectivity index (χ4n) is 3.46. The van der Waals surface area contributed by atoms with Crippen molar-refractivity contribution in [2.75, 3.05) is 26.4 Å². The molecule has 1 saturated heterocycles. The van der Waals surface area contributed by atoms with Crippen LogP contribution in [0.15, 0.2) is 0 Å². The number of aromatic nitrogens is 1. The Morgan fingerprint density at radius 3 is 2.34 bits per heavy atom. The average molecular weight is 408 g/mol. The van der Waals surface area contributed by atoms with Gasteiger partial charge < -0.3 is 24.1 Å². The molecule has 0 aliphatic carbocycles. The Bertz CT molecular complexity index is 784. The number of amides is 1. The zero-order chi connectivity index (χ0) is 21.6. The van der Waals surface area contributed by atoms with Gasteiger partial charge in [0.2, 0.25) is 0 Å². The second kappa shape index (κ2) is 10.1. The van der Waals surface area contributed by atoms with E-state index in [1.807, 2.05) is 0 Å². The summed E-state index contributed by atoms with van der Waals surface area (Å²) < 4.78 is 15.2. The third kappa shape index (κ3) is 5.16. The molecule has 1 atom stereocenters. The van der Waals surface area contributed by atoms with Crippen LogP contribution in [0.1, 0.15) is 65.2 Å². The first-order valence-electron chi connectivity index (χ1n) is 9.81. The molecule has 29 heavy (non-hydrogen) atoms. The number of H-pyrrole nitrogens is 1. The van der Waals surface area contributed by atoms with Gasteiger partial charge in [-0.3, -0.25) is 4.79 Å². The summed E-state index contributed by atoms with van der Waals surface area (Å²) in [6.45, 7) is 7.03. The van der Waals surface area contributed by atoms with Crippen LogP contribution in [0.4, 0.5) is 0 Å². The normalized spacial score (nSPS) is 16.3. The molecule has 1 aliphatic heterocycles. The molecule has 2 heterocycles. The van der Waals surface area contributed by atoms with Crippen molar-refractivity contribution in [1.29, 1.82) is 0 Å². The van der Waals surface area contributed by atoms with Crippen molar-refractivity contribution in [2.24, 2.45) is 0 Å². The van der Waals surface area contributed by atoms with Crippen LogP contribution < -0.4 is 0 Å². The van der Waals surface area contributed by atoms with Crippen molar-refractivity contribution >= 4 is 23.8 Å². The van der Waals surface area contributed by atoms with Crippen molar-refractivity contribution in [3.8, 4) is 0 Å². The fourth-order valence-corrected chi connectivity index (χ4v) is 3.46. The first-order chi connectivity index (χ1) is 13.8. The lowest BCUT2D eigenvalue weighted by Crippen LogP contribution is -2.50. The minimum atomic E-state index is -0.751. The van der Waals surface area contributed by atoms with E-state index in [-0.39, 0.29) is 24.5 Å². The summed E-state index contributed by atoms with van der Waals surface area (Å²) in [5, 5.41) is 0. The van der Waals surface area contributed by atoms with Gasteiger partial charge in [-0.15, -0.1) is 0 Å². The van der Waals surface area contributed by atoms with E-state index in [0.29, 0.717) is 24.2 Å². The Kier molecular flexibility index (Phi) is 7.81. The fraction of sp³-hybridized carbons (Fsp3) is 0.600. The summed E-state index contributed by atoms with van der Waals surface area (Å²) in [5.74, 6) is -2.18. The second-order valence-corrected chi connectivity index (χ2v) is 6.77. The third-order valence-electron chi connectivity index (χ3n) is 4.83. The highest BCUT2D eigenvalue weighted by atomic mass is 16.5. The number of carbonyl (C=O) groups excluding carboxylic acids is 4. The number of nitrogens with zero attached hydrogens (tertiary/aromatic N) is 1. The zero-order valence-corrected chi connectivity index (χ0v) is 17.3. The lowest BCUT2D eigenvalue weighted by Gasteiger charge is -2.33. The zero-order valence-electron chi connectivity index (χ0n) is 17.3. The van der Waals surface area contributed by atoms with Crippen molar-refractivity contribution in [3.63, 3.8) is 0 Å². The van der Waals surface area contributed by atoms with Crippen molar-refractivity contribution in [1.82, 2.24) is 9.88 Å². The molecule has 1 aromatic rings. The standard InChI is InChI=1S/C20H28N2O7/c1-5-27-18(24)14-9-7-8-10-22(14)15(23)11-29-20(26)17-12(3)16(13(4)21-17)19(25)28-6-2/h14,21H,5-11H2,1-4H3/t14-/m0/s1. The Labute approximate surface area is 169 Å². The number of rotatable bonds is 7. The number of hydrogen-bond acceptors (Lipinski definition) is 7. The van der Waals surface area contributed by atoms with Crippen LogP contribution in [0.3, 0.4) is 0 Å². The highest BCUT2D eigenvalue weighted by Gasteiger charge is 2.34. The van der Waals surface area contributed by atoms with Crippen LogP contribution in [-0.2, 0) is 23.8 Å². The molecule has 1 fully saturated rings. The molecular weight excluding hydrogens is 380 g/mol. The summed E-state index contributed by atoms with van der Waals surface area (Å²) in [7, 11) is 0. The third-order valence-corrected chi connectivity index (χ3v) is 4.83. The lowest BCUT2D eigenvalue weighted by atomic mass is 10.0. The quantitative estimate of drug-likeness (QED) is 0.541. The summed E-state index contributed by atoms with van der Waals surface area (Å²) in [6, 6.07) is -0.653. The Hall–Kier alpha value is -2.84. The molecule has 0 spiro atoms. The van der Waals surface area contributed by atoms with Gasteiger partial charge in [0.25, 0.3) is 5.91 Å². The smallest absolute Gasteiger partial charge is 0.355 e. The van der Waals surface area contributed by atoms with E-state index in [0.717, 1.165) is 12.8 Å². The van der Waals surface area contributed by atoms with E-state index >= 15 is 0 Å². The van der Waals surface area contributed by atoms with E-state index in [9.17, 15) is 19.2 Å². The number of aryl methyl sites for hydroxylation is 1. The van der Waals surface area contributed by atoms with Crippen LogP contribution in [0.5, 0.6) is 0 Å². The maximum absolute atomic E-state index is 12.6. The maximum atomic E-state index is 12.6. The second-order valence-electron chi connectivity index (χ2n) is 6.77. The van der Waals surface area contributed by atoms with Gasteiger partial charge in [0, 0.05) is 12.2 Å². The first kappa shape index (κ1) is 22.4. The molecule has 1 N–H and O–H groups in total. The van der Waals surface area contributed by atoms with Crippen molar-refractivity contribution in [2.45, 2.75) is 53.0 Å². The van der Waals surface area contributed by atoms with Crippen LogP contribution >= 0.6 is 0 Å². The minimum Gasteiger partial charge on any atom is -0.464 e. The topological polar surface area (TPSA) is 115 Å². The Morgan fingerprint density at radius 2 is 1.69 bits per heavy atom. The first-order valence-corrected chi connectivity index (χ1v) is 9.81. The molecule has 9 heteroatoms. The van der Waals surface area contributed by atoms with Crippen LogP contribution in [0, 0.1) is 13.8 Å². The van der Waals surface area contributed by atoms with Gasteiger partial charge in [0.15, 0.2) is 6.61 Å². The van der Waals surface area contributed by atoms with Crippen LogP contribution in [-0.4, -0.2) is 66.1 Å². The van der Waals surface area contributed by atoms with Gasteiger partial charge in [-0.05, 0) is 52.5 Å². The molecule has 2 rings (SSSR count). The Morgan fingerprint density at radius 1 is 1.00 bits per heavy atom.